The van der Waals surface area contributed by atoms with Crippen molar-refractivity contribution in [1.29, 1.82) is 0 Å². The van der Waals surface area contributed by atoms with Crippen LogP contribution in [0, 0.1) is 11.2 Å². The average Bonchev–Trinajstić information content (AvgIpc) is 2.34. The second-order valence-electron chi connectivity index (χ2n) is 5.65. The highest BCUT2D eigenvalue weighted by molar-refractivity contribution is 5.88. The number of rotatable bonds is 3. The first-order chi connectivity index (χ1) is 8.88. The molecule has 0 saturated heterocycles. The van der Waals surface area contributed by atoms with Gasteiger partial charge in [-0.25, -0.2) is 14.4 Å². The zero-order chi connectivity index (χ0) is 14.0. The number of fused-ring (bicyclic) bond motifs is 1. The molecular weight excluding hydrogens is 245 g/mol. The number of aliphatic hydroxyl groups is 1. The molecule has 0 radical (unpaired) electrons. The maximum absolute atomic E-state index is 13.3. The second kappa shape index (κ2) is 5.09. The van der Waals surface area contributed by atoms with Gasteiger partial charge < -0.3 is 10.4 Å². The Bertz CT molecular complexity index is 580. The van der Waals surface area contributed by atoms with E-state index in [2.05, 4.69) is 15.3 Å². The third-order valence-corrected chi connectivity index (χ3v) is 3.06. The van der Waals surface area contributed by atoms with Crippen molar-refractivity contribution in [2.24, 2.45) is 5.41 Å². The van der Waals surface area contributed by atoms with Crippen molar-refractivity contribution in [3.8, 4) is 0 Å². The van der Waals surface area contributed by atoms with E-state index in [1.807, 2.05) is 20.8 Å². The lowest BCUT2D eigenvalue weighted by molar-refractivity contribution is 0.0745. The molecule has 2 N–H and O–H groups in total. The van der Waals surface area contributed by atoms with E-state index in [4.69, 9.17) is 0 Å². The molecule has 19 heavy (non-hydrogen) atoms. The summed E-state index contributed by atoms with van der Waals surface area (Å²) < 4.78 is 13.3. The third-order valence-electron chi connectivity index (χ3n) is 3.06. The number of benzene rings is 1. The molecule has 2 aromatic rings. The summed E-state index contributed by atoms with van der Waals surface area (Å²) in [4.78, 5) is 8.18. The molecule has 2 rings (SSSR count). The number of nitrogens with one attached hydrogen (secondary N) is 1. The number of hydrogen-bond acceptors (Lipinski definition) is 4. The molecule has 0 aliphatic heterocycles. The van der Waals surface area contributed by atoms with Crippen molar-refractivity contribution in [1.82, 2.24) is 9.97 Å². The van der Waals surface area contributed by atoms with Crippen LogP contribution < -0.4 is 5.32 Å². The van der Waals surface area contributed by atoms with Crippen molar-refractivity contribution < 1.29 is 9.50 Å². The molecule has 4 nitrogen and oxygen atoms in total. The summed E-state index contributed by atoms with van der Waals surface area (Å²) in [7, 11) is 0. The van der Waals surface area contributed by atoms with Gasteiger partial charge in [-0.05, 0) is 23.6 Å². The smallest absolute Gasteiger partial charge is 0.137 e. The van der Waals surface area contributed by atoms with Crippen LogP contribution in [0.25, 0.3) is 10.9 Å². The average molecular weight is 263 g/mol. The molecule has 1 atom stereocenters. The number of halogens is 1. The Kier molecular flexibility index (Phi) is 3.66. The van der Waals surface area contributed by atoms with E-state index < -0.39 is 6.10 Å². The van der Waals surface area contributed by atoms with Crippen LogP contribution in [-0.4, -0.2) is 27.7 Å². The van der Waals surface area contributed by atoms with Crippen molar-refractivity contribution in [2.75, 3.05) is 11.9 Å². The number of aromatic nitrogens is 2. The predicted octanol–water partition coefficient (Wildman–Crippen LogP) is 2.59. The number of anilines is 1. The molecule has 0 amide bonds. The highest BCUT2D eigenvalue weighted by atomic mass is 19.1. The molecule has 1 heterocycles. The molecule has 0 saturated carbocycles. The van der Waals surface area contributed by atoms with Gasteiger partial charge in [-0.2, -0.15) is 0 Å². The summed E-state index contributed by atoms with van der Waals surface area (Å²) in [6.07, 6.45) is 0.901. The molecule has 0 aliphatic carbocycles. The van der Waals surface area contributed by atoms with Crippen LogP contribution in [0.4, 0.5) is 10.2 Å². The van der Waals surface area contributed by atoms with Gasteiger partial charge in [0.15, 0.2) is 0 Å². The standard InChI is InChI=1S/C14H18FN3O/c1-14(2,3)12(19)7-16-13-10-6-9(15)4-5-11(10)17-8-18-13/h4-6,8,12,19H,7H2,1-3H3,(H,16,17,18)/t12-/m1/s1. The normalized spacial score (nSPS) is 13.5. The van der Waals surface area contributed by atoms with E-state index in [0.29, 0.717) is 23.3 Å². The van der Waals surface area contributed by atoms with Crippen molar-refractivity contribution >= 4 is 16.7 Å². The molecule has 0 bridgehead atoms. The van der Waals surface area contributed by atoms with Gasteiger partial charge in [0.05, 0.1) is 11.6 Å². The summed E-state index contributed by atoms with van der Waals surface area (Å²) in [5.74, 6) is 0.203. The zero-order valence-corrected chi connectivity index (χ0v) is 11.3. The van der Waals surface area contributed by atoms with Crippen LogP contribution in [-0.2, 0) is 0 Å². The SMILES string of the molecule is CC(C)(C)[C@H](O)CNc1ncnc2ccc(F)cc12. The highest BCUT2D eigenvalue weighted by Gasteiger charge is 2.22. The van der Waals surface area contributed by atoms with E-state index >= 15 is 0 Å². The van der Waals surface area contributed by atoms with Gasteiger partial charge in [0, 0.05) is 11.9 Å². The number of nitrogens with zero attached hydrogens (tertiary/aromatic N) is 2. The van der Waals surface area contributed by atoms with E-state index in [0.717, 1.165) is 0 Å². The quantitative estimate of drug-likeness (QED) is 0.893. The fourth-order valence-corrected chi connectivity index (χ4v) is 1.67. The van der Waals surface area contributed by atoms with Crippen molar-refractivity contribution in [3.05, 3.63) is 30.3 Å². The van der Waals surface area contributed by atoms with Gasteiger partial charge in [0.1, 0.15) is 18.0 Å². The monoisotopic (exact) mass is 263 g/mol. The van der Waals surface area contributed by atoms with Crippen molar-refractivity contribution in [3.63, 3.8) is 0 Å². The Hall–Kier alpha value is -1.75. The third kappa shape index (κ3) is 3.17. The fraction of sp³-hybridized carbons (Fsp3) is 0.429. The summed E-state index contributed by atoms with van der Waals surface area (Å²) in [5.41, 5.74) is 0.449. The molecule has 0 spiro atoms. The minimum Gasteiger partial charge on any atom is -0.391 e. The molecular formula is C14H18FN3O. The van der Waals surface area contributed by atoms with E-state index in [1.54, 1.807) is 6.07 Å². The molecule has 102 valence electrons. The van der Waals surface area contributed by atoms with Gasteiger partial charge in [-0.1, -0.05) is 20.8 Å². The van der Waals surface area contributed by atoms with E-state index in [-0.39, 0.29) is 11.2 Å². The van der Waals surface area contributed by atoms with E-state index in [1.165, 1.54) is 18.5 Å². The number of aliphatic hydroxyl groups excluding tert-OH is 1. The Balaban J connectivity index is 2.23. The molecule has 5 heteroatoms. The molecule has 1 aromatic heterocycles. The first-order valence-corrected chi connectivity index (χ1v) is 6.20. The lowest BCUT2D eigenvalue weighted by atomic mass is 9.89. The first-order valence-electron chi connectivity index (χ1n) is 6.20. The minimum absolute atomic E-state index is 0.221. The maximum Gasteiger partial charge on any atom is 0.137 e. The van der Waals surface area contributed by atoms with Crippen LogP contribution in [0.3, 0.4) is 0 Å². The maximum atomic E-state index is 13.3. The summed E-state index contributed by atoms with van der Waals surface area (Å²) in [5, 5.41) is 13.7. The Labute approximate surface area is 111 Å². The lowest BCUT2D eigenvalue weighted by Gasteiger charge is -2.26. The van der Waals surface area contributed by atoms with Crippen LogP contribution in [0.1, 0.15) is 20.8 Å². The second-order valence-corrected chi connectivity index (χ2v) is 5.65. The fourth-order valence-electron chi connectivity index (χ4n) is 1.67. The van der Waals surface area contributed by atoms with Crippen LogP contribution in [0.5, 0.6) is 0 Å². The van der Waals surface area contributed by atoms with E-state index in [9.17, 15) is 9.50 Å². The topological polar surface area (TPSA) is 58.0 Å². The highest BCUT2D eigenvalue weighted by Crippen LogP contribution is 2.22. The predicted molar refractivity (Wildman–Crippen MR) is 73.4 cm³/mol. The largest absolute Gasteiger partial charge is 0.391 e. The van der Waals surface area contributed by atoms with Crippen molar-refractivity contribution in [2.45, 2.75) is 26.9 Å². The minimum atomic E-state index is -0.522. The van der Waals surface area contributed by atoms with Gasteiger partial charge >= 0.3 is 0 Å². The van der Waals surface area contributed by atoms with Crippen LogP contribution in [0.15, 0.2) is 24.5 Å². The van der Waals surface area contributed by atoms with Gasteiger partial charge in [0.2, 0.25) is 0 Å². The summed E-state index contributed by atoms with van der Waals surface area (Å²) in [6.45, 7) is 6.22. The Morgan fingerprint density at radius 3 is 2.74 bits per heavy atom. The lowest BCUT2D eigenvalue weighted by Crippen LogP contribution is -2.33. The van der Waals surface area contributed by atoms with Crippen LogP contribution in [0.2, 0.25) is 0 Å². The Morgan fingerprint density at radius 2 is 2.05 bits per heavy atom. The molecule has 0 fully saturated rings. The van der Waals surface area contributed by atoms with Crippen LogP contribution >= 0.6 is 0 Å². The Morgan fingerprint density at radius 1 is 1.32 bits per heavy atom. The molecule has 0 unspecified atom stereocenters. The molecule has 0 aliphatic rings. The summed E-state index contributed by atoms with van der Waals surface area (Å²) in [6, 6.07) is 4.36. The first kappa shape index (κ1) is 13.7. The van der Waals surface area contributed by atoms with Gasteiger partial charge in [0.25, 0.3) is 0 Å². The molecule has 1 aromatic carbocycles. The zero-order valence-electron chi connectivity index (χ0n) is 11.3. The summed E-state index contributed by atoms with van der Waals surface area (Å²) >= 11 is 0. The van der Waals surface area contributed by atoms with Gasteiger partial charge in [-0.15, -0.1) is 0 Å². The number of hydrogen-bond donors (Lipinski definition) is 2. The van der Waals surface area contributed by atoms with Gasteiger partial charge in [-0.3, -0.25) is 0 Å².